The van der Waals surface area contributed by atoms with Crippen LogP contribution in [0.1, 0.15) is 77.0 Å². The Bertz CT molecular complexity index is 3420. The van der Waals surface area contributed by atoms with Gasteiger partial charge in [0.05, 0.1) is 54.9 Å². The predicted octanol–water partition coefficient (Wildman–Crippen LogP) is 14.7. The van der Waals surface area contributed by atoms with Crippen LogP contribution in [0, 0.1) is 46.9 Å². The number of carbonyl (C=O) groups excluding carboxylic acids is 2. The van der Waals surface area contributed by atoms with Crippen molar-refractivity contribution in [2.45, 2.75) is 51.6 Å². The number of halogens is 1. The minimum atomic E-state index is -1.74. The Hall–Kier alpha value is -8.89. The molecule has 0 bridgehead atoms. The fourth-order valence-electron chi connectivity index (χ4n) is 8.02. The summed E-state index contributed by atoms with van der Waals surface area (Å²) in [6, 6.07) is 68.1. The average molecular weight is 1160 g/mol. The molecular weight excluding hydrogens is 1080 g/mol. The molecule has 2 fully saturated rings. The number of benzene rings is 8. The van der Waals surface area contributed by atoms with Gasteiger partial charge in [-0.15, -0.1) is 18.0 Å². The molecule has 8 aromatic carbocycles. The van der Waals surface area contributed by atoms with Gasteiger partial charge in [-0.1, -0.05) is 161 Å². The molecule has 0 N–H and O–H groups in total. The molecular formula is C74H73ClO10. The number of ether oxygens (including phenoxy) is 8. The number of methoxy groups -OCH3 is 4. The van der Waals surface area contributed by atoms with E-state index in [4.69, 9.17) is 55.9 Å². The number of ketones is 2. The van der Waals surface area contributed by atoms with Crippen molar-refractivity contribution in [1.82, 2.24) is 0 Å². The number of rotatable bonds is 11. The topological polar surface area (TPSA) is 108 Å². The predicted molar refractivity (Wildman–Crippen MR) is 337 cm³/mol. The van der Waals surface area contributed by atoms with Gasteiger partial charge in [0.2, 0.25) is 5.78 Å². The minimum Gasteiger partial charge on any atom is -0.497 e. The maximum absolute atomic E-state index is 13.2. The third-order valence-corrected chi connectivity index (χ3v) is 13.3. The Morgan fingerprint density at radius 3 is 1.22 bits per heavy atom. The second-order valence-corrected chi connectivity index (χ2v) is 21.3. The van der Waals surface area contributed by atoms with Gasteiger partial charge >= 0.3 is 0 Å². The summed E-state index contributed by atoms with van der Waals surface area (Å²) in [6.07, 6.45) is 5.86. The van der Waals surface area contributed by atoms with E-state index in [1.807, 2.05) is 178 Å². The first-order valence-electron chi connectivity index (χ1n) is 27.5. The lowest BCUT2D eigenvalue weighted by molar-refractivity contribution is -0.286. The Kier molecular flexibility index (Phi) is 25.2. The fraction of sp³-hybridized carbons (Fsp3) is 0.243. The van der Waals surface area contributed by atoms with E-state index in [-0.39, 0.29) is 10.8 Å². The summed E-state index contributed by atoms with van der Waals surface area (Å²) in [4.78, 5) is 25.9. The lowest BCUT2D eigenvalue weighted by Gasteiger charge is -2.42. The summed E-state index contributed by atoms with van der Waals surface area (Å²) in [6.45, 7) is 9.97. The van der Waals surface area contributed by atoms with E-state index in [1.54, 1.807) is 83.0 Å². The Labute approximate surface area is 507 Å². The molecule has 0 aromatic heterocycles. The fourth-order valence-corrected chi connectivity index (χ4v) is 8.20. The summed E-state index contributed by atoms with van der Waals surface area (Å²) in [7, 11) is 6.53. The van der Waals surface area contributed by atoms with Crippen molar-refractivity contribution < 1.29 is 47.5 Å². The van der Waals surface area contributed by atoms with Crippen LogP contribution in [0.15, 0.2) is 218 Å². The molecule has 2 heterocycles. The highest BCUT2D eigenvalue weighted by atomic mass is 35.5. The first-order chi connectivity index (χ1) is 41.1. The molecule has 0 aliphatic carbocycles. The second kappa shape index (κ2) is 32.8. The molecule has 10 rings (SSSR count). The highest BCUT2D eigenvalue weighted by Crippen LogP contribution is 2.39. The van der Waals surface area contributed by atoms with Gasteiger partial charge in [-0.3, -0.25) is 9.59 Å². The van der Waals surface area contributed by atoms with Crippen molar-refractivity contribution in [2.75, 3.05) is 54.9 Å². The van der Waals surface area contributed by atoms with Gasteiger partial charge in [-0.2, -0.15) is 0 Å². The van der Waals surface area contributed by atoms with E-state index < -0.39 is 23.1 Å². The molecule has 8 aromatic rings. The van der Waals surface area contributed by atoms with E-state index in [0.29, 0.717) is 49.2 Å². The zero-order chi connectivity index (χ0) is 61.0. The van der Waals surface area contributed by atoms with Gasteiger partial charge in [0, 0.05) is 56.5 Å². The van der Waals surface area contributed by atoms with Crippen LogP contribution >= 0.6 is 11.6 Å². The van der Waals surface area contributed by atoms with Gasteiger partial charge in [-0.05, 0) is 126 Å². The van der Waals surface area contributed by atoms with E-state index in [0.717, 1.165) is 51.5 Å². The summed E-state index contributed by atoms with van der Waals surface area (Å²) < 4.78 is 44.6. The number of hydrogen-bond acceptors (Lipinski definition) is 10. The maximum Gasteiger partial charge on any atom is 0.267 e. The van der Waals surface area contributed by atoms with Crippen molar-refractivity contribution in [3.05, 3.63) is 263 Å². The summed E-state index contributed by atoms with van der Waals surface area (Å²) in [5, 5.41) is 0. The highest BCUT2D eigenvalue weighted by Gasteiger charge is 2.51. The summed E-state index contributed by atoms with van der Waals surface area (Å²) in [5.41, 5.74) is 6.64. The molecule has 85 heavy (non-hydrogen) atoms. The summed E-state index contributed by atoms with van der Waals surface area (Å²) >= 11 is 5.58. The van der Waals surface area contributed by atoms with Gasteiger partial charge in [0.1, 0.15) is 23.0 Å². The number of Topliss-reactive ketones (excluding diaryl/α,β-unsaturated/α-hetero) is 2. The molecule has 0 amide bonds. The van der Waals surface area contributed by atoms with Crippen molar-refractivity contribution >= 4 is 23.2 Å². The second-order valence-electron chi connectivity index (χ2n) is 21.0. The Morgan fingerprint density at radius 1 is 0.459 bits per heavy atom. The standard InChI is InChI=1S/C21H22O5.C21H22O3.C16H14O.C8H9ClO.C8H6/c1-20(2)13-25-21(26-14-20,16-9-11-17(24-3)12-10-16)19(23)18(22)15-7-5-4-6-8-15;1-20(2)15-23-21(24-16-20,14-13-17-7-5-4-6-8-17)18-9-11-19(22-3)12-10-18;1-17-16-12-10-15(11-13-16)9-5-8-14-6-3-2-4-7-14;1-10-8-4-2-7(6-9)3-5-8;1-2-8-6-4-3-5-7-8/h4-12H,13-14H2,1-3H3;4-12H,15-16H2,1-3H3;2-4,6-7,10-13H,9H2,1H3;2-5H,6H2,1H3;1,3-7H. The molecule has 0 unspecified atom stereocenters. The molecule has 0 spiro atoms. The van der Waals surface area contributed by atoms with Gasteiger partial charge < -0.3 is 37.9 Å². The van der Waals surface area contributed by atoms with Gasteiger partial charge in [-0.25, -0.2) is 0 Å². The first-order valence-corrected chi connectivity index (χ1v) is 28.1. The molecule has 0 radical (unpaired) electrons. The van der Waals surface area contributed by atoms with Crippen LogP contribution in [0.2, 0.25) is 0 Å². The third kappa shape index (κ3) is 20.2. The molecule has 10 nitrogen and oxygen atoms in total. The molecule has 2 aliphatic rings. The molecule has 2 aliphatic heterocycles. The monoisotopic (exact) mass is 1160 g/mol. The SMILES string of the molecule is C#Cc1ccccc1.COc1ccc(C2(C#Cc3ccccc3)OCC(C)(C)CO2)cc1.COc1ccc(C2(C(=O)C(=O)c3ccccc3)OCC(C)(C)CO2)cc1.COc1ccc(CC#Cc2ccccc2)cc1.COc1ccc(CCl)cc1. The summed E-state index contributed by atoms with van der Waals surface area (Å²) in [5.74, 6) is 14.8. The van der Waals surface area contributed by atoms with E-state index in [9.17, 15) is 9.59 Å². The molecule has 11 heteroatoms. The molecule has 2 saturated heterocycles. The number of terminal acetylenes is 1. The lowest BCUT2D eigenvalue weighted by Crippen LogP contribution is -2.52. The van der Waals surface area contributed by atoms with Crippen LogP contribution in [-0.4, -0.2) is 66.4 Å². The van der Waals surface area contributed by atoms with E-state index in [1.165, 1.54) is 5.56 Å². The Balaban J connectivity index is 0.000000180. The average Bonchev–Trinajstić information content (AvgIpc) is 3.58. The van der Waals surface area contributed by atoms with Crippen LogP contribution in [0.25, 0.3) is 0 Å². The van der Waals surface area contributed by atoms with Crippen molar-refractivity contribution in [3.63, 3.8) is 0 Å². The first kappa shape index (κ1) is 65.3. The van der Waals surface area contributed by atoms with Crippen LogP contribution < -0.4 is 18.9 Å². The largest absolute Gasteiger partial charge is 0.497 e. The van der Waals surface area contributed by atoms with Crippen molar-refractivity contribution in [2.24, 2.45) is 10.8 Å². The maximum atomic E-state index is 13.2. The zero-order valence-corrected chi connectivity index (χ0v) is 50.3. The van der Waals surface area contributed by atoms with Crippen molar-refractivity contribution in [3.8, 4) is 59.0 Å². The molecule has 0 atom stereocenters. The lowest BCUT2D eigenvalue weighted by atomic mass is 9.90. The van der Waals surface area contributed by atoms with Crippen molar-refractivity contribution in [1.29, 1.82) is 0 Å². The van der Waals surface area contributed by atoms with E-state index in [2.05, 4.69) is 43.4 Å². The molecule has 436 valence electrons. The number of alkyl halides is 1. The highest BCUT2D eigenvalue weighted by molar-refractivity contribution is 6.45. The Morgan fingerprint density at radius 2 is 0.824 bits per heavy atom. The van der Waals surface area contributed by atoms with Crippen LogP contribution in [-0.2, 0) is 47.6 Å². The number of hydrogen-bond donors (Lipinski definition) is 0. The smallest absolute Gasteiger partial charge is 0.267 e. The minimum absolute atomic E-state index is 0.0234. The van der Waals surface area contributed by atoms with Crippen LogP contribution in [0.4, 0.5) is 0 Å². The van der Waals surface area contributed by atoms with E-state index >= 15 is 0 Å². The van der Waals surface area contributed by atoms with Gasteiger partial charge in [0.25, 0.3) is 17.4 Å². The number of carbonyl (C=O) groups is 2. The van der Waals surface area contributed by atoms with Crippen LogP contribution in [0.5, 0.6) is 23.0 Å². The van der Waals surface area contributed by atoms with Crippen LogP contribution in [0.3, 0.4) is 0 Å². The molecule has 0 saturated carbocycles. The zero-order valence-electron chi connectivity index (χ0n) is 49.6. The normalized spacial score (nSPS) is 14.4. The van der Waals surface area contributed by atoms with Gasteiger partial charge in [0.15, 0.2) is 0 Å². The quantitative estimate of drug-likeness (QED) is 0.0538. The third-order valence-electron chi connectivity index (χ3n) is 13.0.